The maximum Gasteiger partial charge on any atom is 0.360 e. The number of hydrogen-bond acceptors (Lipinski definition) is 8. The topological polar surface area (TPSA) is 99.1 Å². The molecule has 0 unspecified atom stereocenters. The summed E-state index contributed by atoms with van der Waals surface area (Å²) in [6.07, 6.45) is 7.09. The number of nitrogens with one attached hydrogen (secondary N) is 1. The summed E-state index contributed by atoms with van der Waals surface area (Å²) in [6, 6.07) is 0. The number of ether oxygens (including phenoxy) is 2. The van der Waals surface area contributed by atoms with Gasteiger partial charge in [-0.2, -0.15) is 0 Å². The predicted molar refractivity (Wildman–Crippen MR) is 76.9 cm³/mol. The molecule has 0 saturated carbocycles. The summed E-state index contributed by atoms with van der Waals surface area (Å²) in [7, 11) is 1.31. The van der Waals surface area contributed by atoms with E-state index in [9.17, 15) is 4.79 Å². The molecule has 8 heteroatoms. The molecule has 1 aliphatic rings. The fourth-order valence-electron chi connectivity index (χ4n) is 2.20. The molecule has 1 saturated heterocycles. The van der Waals surface area contributed by atoms with Gasteiger partial charge < -0.3 is 14.8 Å². The summed E-state index contributed by atoms with van der Waals surface area (Å²) < 4.78 is 10.1. The lowest BCUT2D eigenvalue weighted by Crippen LogP contribution is -2.13. The minimum atomic E-state index is -0.549. The highest BCUT2D eigenvalue weighted by molar-refractivity contribution is 5.93. The van der Waals surface area contributed by atoms with Gasteiger partial charge in [-0.05, 0) is 6.42 Å². The maximum absolute atomic E-state index is 12.0. The van der Waals surface area contributed by atoms with Crippen LogP contribution in [0.25, 0.3) is 0 Å². The zero-order valence-electron chi connectivity index (χ0n) is 12.0. The summed E-state index contributed by atoms with van der Waals surface area (Å²) in [6.45, 7) is 1.29. The third-order valence-electron chi connectivity index (χ3n) is 3.34. The molecule has 22 heavy (non-hydrogen) atoms. The second kappa shape index (κ2) is 6.44. The Labute approximate surface area is 126 Å². The van der Waals surface area contributed by atoms with Crippen LogP contribution in [0.15, 0.2) is 24.9 Å². The van der Waals surface area contributed by atoms with Crippen molar-refractivity contribution in [1.82, 2.24) is 19.9 Å². The average Bonchev–Trinajstić information content (AvgIpc) is 3.10. The first kappa shape index (κ1) is 14.3. The highest BCUT2D eigenvalue weighted by atomic mass is 16.5. The summed E-state index contributed by atoms with van der Waals surface area (Å²) in [5.41, 5.74) is 1.47. The molecule has 0 bridgehead atoms. The third kappa shape index (κ3) is 3.01. The molecular weight excluding hydrogens is 286 g/mol. The molecule has 1 atom stereocenters. The minimum absolute atomic E-state index is 0.135. The van der Waals surface area contributed by atoms with Crippen LogP contribution < -0.4 is 5.32 Å². The second-order valence-corrected chi connectivity index (χ2v) is 4.80. The zero-order valence-corrected chi connectivity index (χ0v) is 12.0. The lowest BCUT2D eigenvalue weighted by molar-refractivity contribution is 0.0594. The SMILES string of the molecule is COC(=O)c1nc([C@@H]2CCOC2)cnc1Nc1cncnc1. The van der Waals surface area contributed by atoms with E-state index in [-0.39, 0.29) is 11.6 Å². The Morgan fingerprint density at radius 3 is 2.86 bits per heavy atom. The number of rotatable bonds is 4. The summed E-state index contributed by atoms with van der Waals surface area (Å²) in [5.74, 6) is -0.0815. The van der Waals surface area contributed by atoms with Gasteiger partial charge in [0.25, 0.3) is 0 Å². The molecule has 0 amide bonds. The molecule has 1 N–H and O–H groups in total. The Morgan fingerprint density at radius 1 is 1.36 bits per heavy atom. The van der Waals surface area contributed by atoms with Gasteiger partial charge in [0.2, 0.25) is 0 Å². The smallest absolute Gasteiger partial charge is 0.360 e. The molecule has 2 aromatic rings. The quantitative estimate of drug-likeness (QED) is 0.844. The molecule has 8 nitrogen and oxygen atoms in total. The number of anilines is 2. The first-order valence-corrected chi connectivity index (χ1v) is 6.83. The largest absolute Gasteiger partial charge is 0.464 e. The summed E-state index contributed by atoms with van der Waals surface area (Å²) in [5, 5.41) is 2.97. The van der Waals surface area contributed by atoms with E-state index in [1.54, 1.807) is 18.6 Å². The van der Waals surface area contributed by atoms with Crippen LogP contribution in [0.1, 0.15) is 28.5 Å². The Balaban J connectivity index is 1.92. The van der Waals surface area contributed by atoms with Crippen molar-refractivity contribution in [3.63, 3.8) is 0 Å². The monoisotopic (exact) mass is 301 g/mol. The van der Waals surface area contributed by atoms with Gasteiger partial charge in [0, 0.05) is 12.5 Å². The van der Waals surface area contributed by atoms with Crippen molar-refractivity contribution in [1.29, 1.82) is 0 Å². The van der Waals surface area contributed by atoms with Gasteiger partial charge in [-0.1, -0.05) is 0 Å². The van der Waals surface area contributed by atoms with Crippen molar-refractivity contribution in [2.45, 2.75) is 12.3 Å². The number of nitrogens with zero attached hydrogens (tertiary/aromatic N) is 4. The van der Waals surface area contributed by atoms with Crippen LogP contribution in [-0.4, -0.2) is 46.2 Å². The molecule has 0 aliphatic carbocycles. The number of methoxy groups -OCH3 is 1. The standard InChI is InChI=1S/C14H15N5O3/c1-21-14(20)12-13(18-10-4-15-8-16-5-10)17-6-11(19-12)9-2-3-22-7-9/h4-6,8-9H,2-3,7H2,1H3,(H,17,18)/t9-/m1/s1. The Kier molecular flexibility index (Phi) is 4.19. The van der Waals surface area contributed by atoms with Crippen LogP contribution in [0.2, 0.25) is 0 Å². The van der Waals surface area contributed by atoms with E-state index in [0.717, 1.165) is 12.1 Å². The lowest BCUT2D eigenvalue weighted by atomic mass is 10.1. The van der Waals surface area contributed by atoms with Crippen molar-refractivity contribution in [2.75, 3.05) is 25.6 Å². The highest BCUT2D eigenvalue weighted by Gasteiger charge is 2.23. The third-order valence-corrected chi connectivity index (χ3v) is 3.34. The number of hydrogen-bond donors (Lipinski definition) is 1. The number of carbonyl (C=O) groups is 1. The lowest BCUT2D eigenvalue weighted by Gasteiger charge is -2.12. The van der Waals surface area contributed by atoms with Gasteiger partial charge in [-0.15, -0.1) is 0 Å². The van der Waals surface area contributed by atoms with Crippen LogP contribution in [0, 0.1) is 0 Å². The Hall–Kier alpha value is -2.61. The van der Waals surface area contributed by atoms with Crippen molar-refractivity contribution in [3.8, 4) is 0 Å². The van der Waals surface area contributed by atoms with E-state index in [1.165, 1.54) is 13.4 Å². The fraction of sp³-hybridized carbons (Fsp3) is 0.357. The normalized spacial score (nSPS) is 17.2. The first-order chi connectivity index (χ1) is 10.8. The molecule has 2 aromatic heterocycles. The summed E-state index contributed by atoms with van der Waals surface area (Å²) >= 11 is 0. The zero-order chi connectivity index (χ0) is 15.4. The van der Waals surface area contributed by atoms with Crippen LogP contribution in [0.5, 0.6) is 0 Å². The fourth-order valence-corrected chi connectivity index (χ4v) is 2.20. The highest BCUT2D eigenvalue weighted by Crippen LogP contribution is 2.25. The summed E-state index contributed by atoms with van der Waals surface area (Å²) in [4.78, 5) is 28.5. The van der Waals surface area contributed by atoms with Gasteiger partial charge in [0.1, 0.15) is 6.33 Å². The van der Waals surface area contributed by atoms with Crippen molar-refractivity contribution in [3.05, 3.63) is 36.3 Å². The minimum Gasteiger partial charge on any atom is -0.464 e. The van der Waals surface area contributed by atoms with E-state index in [0.29, 0.717) is 24.7 Å². The number of aromatic nitrogens is 4. The van der Waals surface area contributed by atoms with E-state index < -0.39 is 5.97 Å². The van der Waals surface area contributed by atoms with Crippen molar-refractivity contribution < 1.29 is 14.3 Å². The Morgan fingerprint density at radius 2 is 2.18 bits per heavy atom. The van der Waals surface area contributed by atoms with E-state index >= 15 is 0 Å². The van der Waals surface area contributed by atoms with Gasteiger partial charge in [0.05, 0.1) is 43.7 Å². The molecule has 3 heterocycles. The number of esters is 1. The predicted octanol–water partition coefficient (Wildman–Crippen LogP) is 1.30. The number of carbonyl (C=O) groups excluding carboxylic acids is 1. The van der Waals surface area contributed by atoms with Crippen LogP contribution in [0.4, 0.5) is 11.5 Å². The molecule has 3 rings (SSSR count). The van der Waals surface area contributed by atoms with Crippen molar-refractivity contribution >= 4 is 17.5 Å². The van der Waals surface area contributed by atoms with Crippen LogP contribution in [-0.2, 0) is 9.47 Å². The van der Waals surface area contributed by atoms with Gasteiger partial charge in [-0.25, -0.2) is 24.7 Å². The molecule has 0 radical (unpaired) electrons. The molecule has 1 aliphatic heterocycles. The van der Waals surface area contributed by atoms with E-state index in [1.807, 2.05) is 0 Å². The molecule has 114 valence electrons. The van der Waals surface area contributed by atoms with Crippen LogP contribution >= 0.6 is 0 Å². The van der Waals surface area contributed by atoms with Crippen molar-refractivity contribution in [2.24, 2.45) is 0 Å². The first-order valence-electron chi connectivity index (χ1n) is 6.83. The van der Waals surface area contributed by atoms with Gasteiger partial charge in [0.15, 0.2) is 11.5 Å². The molecular formula is C14H15N5O3. The molecule has 0 aromatic carbocycles. The van der Waals surface area contributed by atoms with Gasteiger partial charge >= 0.3 is 5.97 Å². The van der Waals surface area contributed by atoms with Crippen LogP contribution in [0.3, 0.4) is 0 Å². The molecule has 1 fully saturated rings. The Bertz CT molecular complexity index is 659. The maximum atomic E-state index is 12.0. The average molecular weight is 301 g/mol. The molecule has 0 spiro atoms. The van der Waals surface area contributed by atoms with Gasteiger partial charge in [-0.3, -0.25) is 0 Å². The second-order valence-electron chi connectivity index (χ2n) is 4.80. The van der Waals surface area contributed by atoms with E-state index in [2.05, 4.69) is 25.3 Å². The van der Waals surface area contributed by atoms with E-state index in [4.69, 9.17) is 9.47 Å².